The van der Waals surface area contributed by atoms with E-state index in [9.17, 15) is 9.18 Å². The molecular formula is C16H19FO2. The Kier molecular flexibility index (Phi) is 3.29. The summed E-state index contributed by atoms with van der Waals surface area (Å²) in [4.78, 5) is 10.8. The second kappa shape index (κ2) is 4.95. The van der Waals surface area contributed by atoms with E-state index in [0.29, 0.717) is 23.8 Å². The van der Waals surface area contributed by atoms with Crippen LogP contribution in [0.3, 0.4) is 0 Å². The molecule has 0 N–H and O–H groups in total. The predicted octanol–water partition coefficient (Wildman–Crippen LogP) is 3.72. The third-order valence-electron chi connectivity index (χ3n) is 4.62. The van der Waals surface area contributed by atoms with Gasteiger partial charge in [0.25, 0.3) is 0 Å². The van der Waals surface area contributed by atoms with Crippen molar-refractivity contribution in [2.45, 2.75) is 51.0 Å². The number of cyclic esters (lactones) is 1. The Labute approximate surface area is 113 Å². The summed E-state index contributed by atoms with van der Waals surface area (Å²) in [5, 5.41) is 0. The van der Waals surface area contributed by atoms with Gasteiger partial charge in [0.05, 0.1) is 6.42 Å². The number of ether oxygens (including phenoxy) is 1. The number of rotatable bonds is 2. The summed E-state index contributed by atoms with van der Waals surface area (Å²) in [6.45, 7) is 1.79. The molecule has 0 amide bonds. The Morgan fingerprint density at radius 1 is 1.21 bits per heavy atom. The molecule has 102 valence electrons. The minimum atomic E-state index is -0.104. The molecule has 0 bridgehead atoms. The zero-order chi connectivity index (χ0) is 13.4. The van der Waals surface area contributed by atoms with E-state index >= 15 is 0 Å². The van der Waals surface area contributed by atoms with E-state index in [1.165, 1.54) is 0 Å². The molecule has 0 radical (unpaired) electrons. The summed E-state index contributed by atoms with van der Waals surface area (Å²) in [7, 11) is 0. The van der Waals surface area contributed by atoms with Crippen LogP contribution in [-0.2, 0) is 9.53 Å². The Hall–Kier alpha value is -1.38. The van der Waals surface area contributed by atoms with Crippen molar-refractivity contribution in [1.82, 2.24) is 0 Å². The van der Waals surface area contributed by atoms with Gasteiger partial charge in [-0.1, -0.05) is 12.1 Å². The highest BCUT2D eigenvalue weighted by Gasteiger charge is 2.37. The maximum atomic E-state index is 13.6. The number of halogens is 1. The van der Waals surface area contributed by atoms with Crippen molar-refractivity contribution in [2.24, 2.45) is 5.92 Å². The first-order chi connectivity index (χ1) is 9.13. The molecule has 1 unspecified atom stereocenters. The fraction of sp³-hybridized carbons (Fsp3) is 0.562. The van der Waals surface area contributed by atoms with Gasteiger partial charge in [0.1, 0.15) is 11.9 Å². The lowest BCUT2D eigenvalue weighted by Gasteiger charge is -2.37. The molecule has 1 atom stereocenters. The first kappa shape index (κ1) is 12.6. The summed E-state index contributed by atoms with van der Waals surface area (Å²) < 4.78 is 18.7. The number of hydrogen-bond acceptors (Lipinski definition) is 2. The van der Waals surface area contributed by atoms with Crippen molar-refractivity contribution >= 4 is 5.97 Å². The Morgan fingerprint density at radius 3 is 2.47 bits per heavy atom. The van der Waals surface area contributed by atoms with Crippen molar-refractivity contribution in [3.8, 4) is 0 Å². The molecule has 3 heteroatoms. The lowest BCUT2D eigenvalue weighted by Crippen LogP contribution is -2.40. The lowest BCUT2D eigenvalue weighted by atomic mass is 9.75. The lowest BCUT2D eigenvalue weighted by molar-refractivity contribution is -0.176. The third-order valence-corrected chi connectivity index (χ3v) is 4.62. The van der Waals surface area contributed by atoms with E-state index in [2.05, 4.69) is 0 Å². The number of aryl methyl sites for hydroxylation is 1. The van der Waals surface area contributed by atoms with Crippen LogP contribution in [0.4, 0.5) is 4.39 Å². The highest BCUT2D eigenvalue weighted by atomic mass is 19.1. The summed E-state index contributed by atoms with van der Waals surface area (Å²) >= 11 is 0. The summed E-state index contributed by atoms with van der Waals surface area (Å²) in [6, 6.07) is 5.60. The highest BCUT2D eigenvalue weighted by Crippen LogP contribution is 2.40. The molecule has 1 saturated heterocycles. The number of benzene rings is 1. The molecule has 1 heterocycles. The molecule has 1 aromatic rings. The molecule has 0 spiro atoms. The van der Waals surface area contributed by atoms with Gasteiger partial charge in [-0.2, -0.15) is 0 Å². The third kappa shape index (κ3) is 2.51. The maximum absolute atomic E-state index is 13.6. The van der Waals surface area contributed by atoms with Crippen molar-refractivity contribution in [2.75, 3.05) is 0 Å². The largest absolute Gasteiger partial charge is 0.461 e. The van der Waals surface area contributed by atoms with Gasteiger partial charge in [-0.05, 0) is 61.6 Å². The second-order valence-electron chi connectivity index (χ2n) is 5.85. The van der Waals surface area contributed by atoms with E-state index in [4.69, 9.17) is 4.74 Å². The molecule has 2 nitrogen and oxygen atoms in total. The minimum absolute atomic E-state index is 0.0623. The van der Waals surface area contributed by atoms with Gasteiger partial charge in [0, 0.05) is 0 Å². The van der Waals surface area contributed by atoms with Gasteiger partial charge in [0.15, 0.2) is 0 Å². The molecule has 1 saturated carbocycles. The molecule has 19 heavy (non-hydrogen) atoms. The van der Waals surface area contributed by atoms with Crippen LogP contribution < -0.4 is 0 Å². The predicted molar refractivity (Wildman–Crippen MR) is 70.3 cm³/mol. The molecule has 2 fully saturated rings. The molecule has 2 aliphatic rings. The average Bonchev–Trinajstić information content (AvgIpc) is 2.39. The van der Waals surface area contributed by atoms with E-state index in [1.54, 1.807) is 13.0 Å². The van der Waals surface area contributed by atoms with Crippen LogP contribution in [0.1, 0.15) is 49.1 Å². The Balaban J connectivity index is 1.60. The number of hydrogen-bond donors (Lipinski definition) is 0. The van der Waals surface area contributed by atoms with Crippen LogP contribution >= 0.6 is 0 Å². The zero-order valence-corrected chi connectivity index (χ0v) is 11.2. The fourth-order valence-corrected chi connectivity index (χ4v) is 3.27. The normalized spacial score (nSPS) is 30.6. The van der Waals surface area contributed by atoms with Crippen molar-refractivity contribution < 1.29 is 13.9 Å². The molecular weight excluding hydrogens is 243 g/mol. The van der Waals surface area contributed by atoms with Crippen LogP contribution in [-0.4, -0.2) is 12.1 Å². The van der Waals surface area contributed by atoms with Gasteiger partial charge >= 0.3 is 5.97 Å². The molecule has 1 aliphatic heterocycles. The number of esters is 1. The van der Waals surface area contributed by atoms with Crippen molar-refractivity contribution in [1.29, 1.82) is 0 Å². The van der Waals surface area contributed by atoms with E-state index in [0.717, 1.165) is 31.2 Å². The van der Waals surface area contributed by atoms with Crippen LogP contribution in [0.25, 0.3) is 0 Å². The van der Waals surface area contributed by atoms with E-state index in [1.807, 2.05) is 12.1 Å². The minimum Gasteiger partial charge on any atom is -0.461 e. The summed E-state index contributed by atoms with van der Waals surface area (Å²) in [6.07, 6.45) is 5.05. The first-order valence-electron chi connectivity index (χ1n) is 7.09. The first-order valence-corrected chi connectivity index (χ1v) is 7.09. The maximum Gasteiger partial charge on any atom is 0.309 e. The number of carbonyl (C=O) groups is 1. The summed E-state index contributed by atoms with van der Waals surface area (Å²) in [5.74, 6) is 0.812. The fourth-order valence-electron chi connectivity index (χ4n) is 3.27. The van der Waals surface area contributed by atoms with Crippen LogP contribution in [0.2, 0.25) is 0 Å². The van der Waals surface area contributed by atoms with Gasteiger partial charge in [-0.25, -0.2) is 4.39 Å². The molecule has 1 aliphatic carbocycles. The quantitative estimate of drug-likeness (QED) is 0.759. The standard InChI is InChI=1S/C16H19FO2/c1-10-2-3-13(8-14(10)17)11-4-6-12(7-5-11)15-9-16(18)19-15/h2-3,8,11-12,15H,4-7,9H2,1H3. The Morgan fingerprint density at radius 2 is 1.89 bits per heavy atom. The SMILES string of the molecule is Cc1ccc(C2CCC(C3CC(=O)O3)CC2)cc1F. The van der Waals surface area contributed by atoms with E-state index in [-0.39, 0.29) is 17.9 Å². The van der Waals surface area contributed by atoms with Crippen LogP contribution in [0, 0.1) is 18.7 Å². The highest BCUT2D eigenvalue weighted by molar-refractivity contribution is 5.75. The van der Waals surface area contributed by atoms with Crippen molar-refractivity contribution in [3.63, 3.8) is 0 Å². The topological polar surface area (TPSA) is 26.3 Å². The van der Waals surface area contributed by atoms with Crippen molar-refractivity contribution in [3.05, 3.63) is 35.1 Å². The monoisotopic (exact) mass is 262 g/mol. The average molecular weight is 262 g/mol. The Bertz CT molecular complexity index is 482. The summed E-state index contributed by atoms with van der Waals surface area (Å²) in [5.41, 5.74) is 1.82. The smallest absolute Gasteiger partial charge is 0.309 e. The van der Waals surface area contributed by atoms with Crippen LogP contribution in [0.5, 0.6) is 0 Å². The molecule has 0 aromatic heterocycles. The van der Waals surface area contributed by atoms with Crippen LogP contribution in [0.15, 0.2) is 18.2 Å². The van der Waals surface area contributed by atoms with Gasteiger partial charge in [0.2, 0.25) is 0 Å². The number of carbonyl (C=O) groups excluding carboxylic acids is 1. The van der Waals surface area contributed by atoms with E-state index < -0.39 is 0 Å². The molecule has 3 rings (SSSR count). The second-order valence-corrected chi connectivity index (χ2v) is 5.85. The van der Waals surface area contributed by atoms with Gasteiger partial charge < -0.3 is 4.74 Å². The van der Waals surface area contributed by atoms with Gasteiger partial charge in [-0.3, -0.25) is 4.79 Å². The molecule has 1 aromatic carbocycles. The zero-order valence-electron chi connectivity index (χ0n) is 11.2. The van der Waals surface area contributed by atoms with Gasteiger partial charge in [-0.15, -0.1) is 0 Å².